The zero-order chi connectivity index (χ0) is 22.8. The van der Waals surface area contributed by atoms with Gasteiger partial charge in [0.25, 0.3) is 5.91 Å². The molecule has 0 heterocycles. The number of nitrogens with zero attached hydrogens (tertiary/aromatic N) is 1. The number of carbonyl (C=O) groups is 2. The van der Waals surface area contributed by atoms with Crippen molar-refractivity contribution in [1.29, 1.82) is 5.26 Å². The van der Waals surface area contributed by atoms with Gasteiger partial charge in [-0.15, -0.1) is 0 Å². The predicted molar refractivity (Wildman–Crippen MR) is 118 cm³/mol. The molecule has 162 valence electrons. The van der Waals surface area contributed by atoms with Crippen molar-refractivity contribution >= 4 is 23.6 Å². The van der Waals surface area contributed by atoms with Crippen LogP contribution in [0.2, 0.25) is 0 Å². The van der Waals surface area contributed by atoms with Gasteiger partial charge in [-0.1, -0.05) is 12.1 Å². The van der Waals surface area contributed by atoms with Gasteiger partial charge in [-0.2, -0.15) is 5.26 Å². The van der Waals surface area contributed by atoms with Gasteiger partial charge in [-0.3, -0.25) is 4.79 Å². The van der Waals surface area contributed by atoms with E-state index in [0.717, 1.165) is 11.1 Å². The number of aryl methyl sites for hydroxylation is 2. The molecule has 0 radical (unpaired) electrons. The number of carbonyl (C=O) groups excluding carboxylic acids is 2. The van der Waals surface area contributed by atoms with Crippen LogP contribution in [0.1, 0.15) is 30.5 Å². The van der Waals surface area contributed by atoms with Gasteiger partial charge in [0.05, 0.1) is 13.2 Å². The van der Waals surface area contributed by atoms with Crippen LogP contribution in [0, 0.1) is 25.2 Å². The summed E-state index contributed by atoms with van der Waals surface area (Å²) in [5, 5.41) is 12.2. The molecule has 0 saturated carbocycles. The maximum Gasteiger partial charge on any atom is 0.344 e. The van der Waals surface area contributed by atoms with Crippen LogP contribution >= 0.6 is 0 Å². The quantitative estimate of drug-likeness (QED) is 0.370. The summed E-state index contributed by atoms with van der Waals surface area (Å²) in [5.74, 6) is -0.229. The van der Waals surface area contributed by atoms with Crippen LogP contribution in [0.3, 0.4) is 0 Å². The van der Waals surface area contributed by atoms with Gasteiger partial charge in [0, 0.05) is 5.69 Å². The highest BCUT2D eigenvalue weighted by Gasteiger charge is 2.13. The summed E-state index contributed by atoms with van der Waals surface area (Å²) in [6, 6.07) is 12.4. The summed E-state index contributed by atoms with van der Waals surface area (Å²) < 4.78 is 15.9. The zero-order valence-corrected chi connectivity index (χ0v) is 18.2. The van der Waals surface area contributed by atoms with Gasteiger partial charge in [0.2, 0.25) is 0 Å². The number of hydrogen-bond acceptors (Lipinski definition) is 6. The molecule has 0 aromatic heterocycles. The van der Waals surface area contributed by atoms with Crippen molar-refractivity contribution < 1.29 is 23.8 Å². The smallest absolute Gasteiger partial charge is 0.344 e. The largest absolute Gasteiger partial charge is 0.490 e. The lowest BCUT2D eigenvalue weighted by Gasteiger charge is -2.12. The molecule has 2 aromatic carbocycles. The summed E-state index contributed by atoms with van der Waals surface area (Å²) in [6.45, 7) is 7.87. The normalized spacial score (nSPS) is 10.7. The summed E-state index contributed by atoms with van der Waals surface area (Å²) in [6.07, 6.45) is 1.47. The Balaban J connectivity index is 2.21. The SMILES string of the molecule is CCOC(=O)COc1ccc(/C=C(\C#N)C(=O)Nc2ccc(C)c(C)c2)cc1OCC. The van der Waals surface area contributed by atoms with Crippen molar-refractivity contribution in [3.8, 4) is 17.6 Å². The first kappa shape index (κ1) is 23.5. The summed E-state index contributed by atoms with van der Waals surface area (Å²) in [7, 11) is 0. The van der Waals surface area contributed by atoms with Gasteiger partial charge in [-0.25, -0.2) is 4.79 Å². The number of amides is 1. The average molecular weight is 422 g/mol. The second kappa shape index (κ2) is 11.4. The van der Waals surface area contributed by atoms with E-state index in [2.05, 4.69) is 5.32 Å². The lowest BCUT2D eigenvalue weighted by atomic mass is 10.1. The van der Waals surface area contributed by atoms with E-state index in [1.807, 2.05) is 39.0 Å². The summed E-state index contributed by atoms with van der Waals surface area (Å²) >= 11 is 0. The van der Waals surface area contributed by atoms with E-state index in [4.69, 9.17) is 14.2 Å². The third-order valence-electron chi connectivity index (χ3n) is 4.36. The Bertz CT molecular complexity index is 1020. The number of benzene rings is 2. The van der Waals surface area contributed by atoms with E-state index in [-0.39, 0.29) is 18.8 Å². The molecule has 2 rings (SSSR count). The fourth-order valence-corrected chi connectivity index (χ4v) is 2.67. The second-order valence-corrected chi connectivity index (χ2v) is 6.66. The van der Waals surface area contributed by atoms with Crippen molar-refractivity contribution in [3.05, 3.63) is 58.7 Å². The molecule has 0 unspecified atom stereocenters. The van der Waals surface area contributed by atoms with Gasteiger partial charge in [-0.05, 0) is 74.7 Å². The molecular formula is C24H26N2O5. The second-order valence-electron chi connectivity index (χ2n) is 6.66. The fourth-order valence-electron chi connectivity index (χ4n) is 2.67. The van der Waals surface area contributed by atoms with Gasteiger partial charge < -0.3 is 19.5 Å². The van der Waals surface area contributed by atoms with Crippen molar-refractivity contribution in [2.75, 3.05) is 25.1 Å². The van der Waals surface area contributed by atoms with E-state index in [1.165, 1.54) is 6.08 Å². The molecule has 0 saturated heterocycles. The van der Waals surface area contributed by atoms with Gasteiger partial charge in [0.15, 0.2) is 18.1 Å². The molecule has 0 aliphatic rings. The molecule has 0 aliphatic carbocycles. The third-order valence-corrected chi connectivity index (χ3v) is 4.36. The molecule has 1 amide bonds. The van der Waals surface area contributed by atoms with E-state index in [0.29, 0.717) is 29.4 Å². The van der Waals surface area contributed by atoms with Crippen LogP contribution in [0.15, 0.2) is 42.0 Å². The molecule has 0 fully saturated rings. The molecule has 1 N–H and O–H groups in total. The minimum absolute atomic E-state index is 0.0548. The molecule has 7 heteroatoms. The zero-order valence-electron chi connectivity index (χ0n) is 18.2. The summed E-state index contributed by atoms with van der Waals surface area (Å²) in [4.78, 5) is 24.1. The molecule has 2 aromatic rings. The highest BCUT2D eigenvalue weighted by Crippen LogP contribution is 2.29. The Labute approximate surface area is 182 Å². The van der Waals surface area contributed by atoms with Crippen LogP contribution in [0.4, 0.5) is 5.69 Å². The van der Waals surface area contributed by atoms with Crippen molar-refractivity contribution in [1.82, 2.24) is 0 Å². The molecule has 0 spiro atoms. The van der Waals surface area contributed by atoms with Crippen LogP contribution in [0.5, 0.6) is 11.5 Å². The number of nitrogens with one attached hydrogen (secondary N) is 1. The first-order chi connectivity index (χ1) is 14.9. The number of rotatable bonds is 9. The number of nitriles is 1. The van der Waals surface area contributed by atoms with Gasteiger partial charge >= 0.3 is 5.97 Å². The first-order valence-electron chi connectivity index (χ1n) is 9.93. The minimum atomic E-state index is -0.508. The van der Waals surface area contributed by atoms with Crippen LogP contribution < -0.4 is 14.8 Å². The highest BCUT2D eigenvalue weighted by molar-refractivity contribution is 6.09. The Morgan fingerprint density at radius 1 is 1.00 bits per heavy atom. The van der Waals surface area contributed by atoms with E-state index < -0.39 is 11.9 Å². The monoisotopic (exact) mass is 422 g/mol. The Morgan fingerprint density at radius 2 is 1.77 bits per heavy atom. The van der Waals surface area contributed by atoms with Crippen LogP contribution in [-0.4, -0.2) is 31.7 Å². The molecule has 0 atom stereocenters. The van der Waals surface area contributed by atoms with E-state index in [1.54, 1.807) is 31.2 Å². The van der Waals surface area contributed by atoms with Crippen molar-refractivity contribution in [3.63, 3.8) is 0 Å². The number of esters is 1. The Morgan fingerprint density at radius 3 is 2.42 bits per heavy atom. The highest BCUT2D eigenvalue weighted by atomic mass is 16.6. The maximum atomic E-state index is 12.6. The minimum Gasteiger partial charge on any atom is -0.490 e. The Hall–Kier alpha value is -3.79. The Kier molecular flexibility index (Phi) is 8.64. The van der Waals surface area contributed by atoms with Crippen molar-refractivity contribution in [2.24, 2.45) is 0 Å². The third kappa shape index (κ3) is 6.89. The van der Waals surface area contributed by atoms with Gasteiger partial charge in [0.1, 0.15) is 11.6 Å². The first-order valence-corrected chi connectivity index (χ1v) is 9.93. The standard InChI is InChI=1S/C24H26N2O5/c1-5-29-22-13-18(8-10-21(22)31-15-23(27)30-6-2)12-19(14-25)24(28)26-20-9-7-16(3)17(4)11-20/h7-13H,5-6,15H2,1-4H3,(H,26,28)/b19-12+. The molecule has 0 bridgehead atoms. The fraction of sp³-hybridized carbons (Fsp3) is 0.292. The van der Waals surface area contributed by atoms with E-state index >= 15 is 0 Å². The molecular weight excluding hydrogens is 396 g/mol. The number of hydrogen-bond donors (Lipinski definition) is 1. The number of anilines is 1. The van der Waals surface area contributed by atoms with E-state index in [9.17, 15) is 14.9 Å². The molecule has 31 heavy (non-hydrogen) atoms. The van der Waals surface area contributed by atoms with Crippen molar-refractivity contribution in [2.45, 2.75) is 27.7 Å². The number of ether oxygens (including phenoxy) is 3. The predicted octanol–water partition coefficient (Wildman–Crippen LogP) is 4.19. The molecule has 7 nitrogen and oxygen atoms in total. The lowest BCUT2D eigenvalue weighted by Crippen LogP contribution is -2.15. The van der Waals surface area contributed by atoms with Crippen LogP contribution in [-0.2, 0) is 14.3 Å². The summed E-state index contributed by atoms with van der Waals surface area (Å²) in [5.41, 5.74) is 3.30. The topological polar surface area (TPSA) is 97.7 Å². The lowest BCUT2D eigenvalue weighted by molar-refractivity contribution is -0.145. The maximum absolute atomic E-state index is 12.6. The van der Waals surface area contributed by atoms with Crippen LogP contribution in [0.25, 0.3) is 6.08 Å². The average Bonchev–Trinajstić information content (AvgIpc) is 2.74. The molecule has 0 aliphatic heterocycles.